The van der Waals surface area contributed by atoms with Crippen molar-refractivity contribution in [3.05, 3.63) is 76.6 Å². The van der Waals surface area contributed by atoms with Gasteiger partial charge in [-0.05, 0) is 30.7 Å². The second-order valence-corrected chi connectivity index (χ2v) is 6.55. The number of rotatable bonds is 4. The van der Waals surface area contributed by atoms with Crippen molar-refractivity contribution >= 4 is 34.1 Å². The first kappa shape index (κ1) is 17.9. The molecule has 3 N–H and O–H groups in total. The van der Waals surface area contributed by atoms with Crippen molar-refractivity contribution in [3.8, 4) is 11.5 Å². The molecule has 0 spiro atoms. The number of carbonyl (C=O) groups is 1. The monoisotopic (exact) mass is 396 g/mol. The quantitative estimate of drug-likeness (QED) is 0.489. The molecule has 0 saturated carbocycles. The zero-order valence-electron chi connectivity index (χ0n) is 14.7. The molecule has 6 nitrogen and oxygen atoms in total. The van der Waals surface area contributed by atoms with Gasteiger partial charge in [-0.15, -0.1) is 0 Å². The summed E-state index contributed by atoms with van der Waals surface area (Å²) in [5.41, 5.74) is 7.87. The van der Waals surface area contributed by atoms with Crippen molar-refractivity contribution in [3.63, 3.8) is 0 Å². The van der Waals surface area contributed by atoms with Gasteiger partial charge in [0.2, 0.25) is 5.78 Å². The molecule has 28 heavy (non-hydrogen) atoms. The molecular formula is C20H14ClFN4O2. The van der Waals surface area contributed by atoms with Crippen LogP contribution in [0.3, 0.4) is 0 Å². The predicted molar refractivity (Wildman–Crippen MR) is 104 cm³/mol. The Kier molecular flexibility index (Phi) is 4.44. The number of ether oxygens (including phenoxy) is 1. The molecule has 1 aromatic carbocycles. The number of aromatic nitrogens is 3. The molecule has 0 saturated heterocycles. The molecule has 0 bridgehead atoms. The second kappa shape index (κ2) is 6.94. The third-order valence-electron chi connectivity index (χ3n) is 4.27. The van der Waals surface area contributed by atoms with E-state index in [1.807, 2.05) is 0 Å². The van der Waals surface area contributed by atoms with Crippen molar-refractivity contribution in [2.75, 3.05) is 5.73 Å². The van der Waals surface area contributed by atoms with Gasteiger partial charge >= 0.3 is 0 Å². The third-order valence-corrected chi connectivity index (χ3v) is 4.57. The highest BCUT2D eigenvalue weighted by Crippen LogP contribution is 2.31. The number of para-hydroxylation sites is 1. The maximum atomic E-state index is 13.8. The fourth-order valence-corrected chi connectivity index (χ4v) is 3.04. The van der Waals surface area contributed by atoms with E-state index in [-0.39, 0.29) is 27.9 Å². The van der Waals surface area contributed by atoms with E-state index in [0.29, 0.717) is 27.9 Å². The average molecular weight is 397 g/mol. The minimum absolute atomic E-state index is 0.0768. The summed E-state index contributed by atoms with van der Waals surface area (Å²) in [4.78, 5) is 24.3. The first-order valence-corrected chi connectivity index (χ1v) is 8.68. The fraction of sp³-hybridized carbons (Fsp3) is 0.0500. The van der Waals surface area contributed by atoms with Gasteiger partial charge in [0, 0.05) is 6.20 Å². The molecular weight excluding hydrogens is 383 g/mol. The molecule has 3 heterocycles. The summed E-state index contributed by atoms with van der Waals surface area (Å²) in [5, 5.41) is 0.713. The second-order valence-electron chi connectivity index (χ2n) is 6.14. The van der Waals surface area contributed by atoms with E-state index >= 15 is 0 Å². The Bertz CT molecular complexity index is 1220. The van der Waals surface area contributed by atoms with Crippen LogP contribution in [0.5, 0.6) is 11.5 Å². The van der Waals surface area contributed by atoms with E-state index in [1.54, 1.807) is 25.1 Å². The number of ketones is 1. The summed E-state index contributed by atoms with van der Waals surface area (Å²) in [6.07, 6.45) is 4.32. The lowest BCUT2D eigenvalue weighted by atomic mass is 10.0. The number of benzene rings is 1. The number of nitrogens with zero attached hydrogens (tertiary/aromatic N) is 2. The summed E-state index contributed by atoms with van der Waals surface area (Å²) < 4.78 is 19.3. The van der Waals surface area contributed by atoms with E-state index < -0.39 is 5.82 Å². The first-order chi connectivity index (χ1) is 13.5. The molecule has 0 unspecified atom stereocenters. The number of aromatic amines is 1. The average Bonchev–Trinajstić information content (AvgIpc) is 3.11. The summed E-state index contributed by atoms with van der Waals surface area (Å²) >= 11 is 6.03. The van der Waals surface area contributed by atoms with Crippen LogP contribution in [0.2, 0.25) is 5.02 Å². The number of fused-ring (bicyclic) bond motifs is 1. The van der Waals surface area contributed by atoms with Crippen LogP contribution in [0, 0.1) is 12.7 Å². The molecule has 0 aliphatic heterocycles. The lowest BCUT2D eigenvalue weighted by molar-refractivity contribution is 0.103. The van der Waals surface area contributed by atoms with E-state index in [2.05, 4.69) is 15.0 Å². The van der Waals surface area contributed by atoms with E-state index in [1.165, 1.54) is 30.7 Å². The summed E-state index contributed by atoms with van der Waals surface area (Å²) in [6, 6.07) is 7.66. The molecule has 3 aromatic heterocycles. The van der Waals surface area contributed by atoms with Crippen molar-refractivity contribution in [1.29, 1.82) is 0 Å². The highest BCUT2D eigenvalue weighted by molar-refractivity contribution is 6.35. The highest BCUT2D eigenvalue weighted by atomic mass is 35.5. The highest BCUT2D eigenvalue weighted by Gasteiger charge is 2.21. The molecule has 4 aromatic rings. The third kappa shape index (κ3) is 3.05. The van der Waals surface area contributed by atoms with Crippen LogP contribution in [-0.4, -0.2) is 20.7 Å². The van der Waals surface area contributed by atoms with Crippen LogP contribution >= 0.6 is 11.6 Å². The van der Waals surface area contributed by atoms with Crippen molar-refractivity contribution in [2.45, 2.75) is 6.92 Å². The summed E-state index contributed by atoms with van der Waals surface area (Å²) in [5.74, 6) is -0.425. The first-order valence-electron chi connectivity index (χ1n) is 8.30. The number of nitrogens with one attached hydrogen (secondary N) is 1. The number of nitrogens with two attached hydrogens (primary N) is 1. The molecule has 140 valence electrons. The van der Waals surface area contributed by atoms with Gasteiger partial charge in [0.05, 0.1) is 34.1 Å². The van der Waals surface area contributed by atoms with Gasteiger partial charge in [-0.25, -0.2) is 14.4 Å². The van der Waals surface area contributed by atoms with Gasteiger partial charge in [0.25, 0.3) is 0 Å². The number of pyridine rings is 2. The Balaban J connectivity index is 1.70. The van der Waals surface area contributed by atoms with Gasteiger partial charge in [-0.2, -0.15) is 0 Å². The van der Waals surface area contributed by atoms with Crippen LogP contribution in [0.15, 0.2) is 48.9 Å². The zero-order chi connectivity index (χ0) is 19.8. The number of hydrogen-bond acceptors (Lipinski definition) is 5. The Hall–Kier alpha value is -3.45. The minimum atomic E-state index is -0.487. The molecule has 0 aliphatic carbocycles. The number of anilines is 1. The SMILES string of the molecule is Cc1cc(Oc2ccccc2F)cnc1C(=O)c1c[nH]c2ncc(Cl)c(N)c12. The lowest BCUT2D eigenvalue weighted by Crippen LogP contribution is -2.07. The normalized spacial score (nSPS) is 11.0. The van der Waals surface area contributed by atoms with Gasteiger partial charge < -0.3 is 15.5 Å². The van der Waals surface area contributed by atoms with Crippen molar-refractivity contribution < 1.29 is 13.9 Å². The fourth-order valence-electron chi connectivity index (χ4n) is 2.90. The molecule has 0 amide bonds. The lowest BCUT2D eigenvalue weighted by Gasteiger charge is -2.09. The van der Waals surface area contributed by atoms with Crippen LogP contribution in [0.25, 0.3) is 11.0 Å². The van der Waals surface area contributed by atoms with E-state index in [4.69, 9.17) is 22.1 Å². The molecule has 4 rings (SSSR count). The zero-order valence-corrected chi connectivity index (χ0v) is 15.4. The largest absolute Gasteiger partial charge is 0.453 e. The van der Waals surface area contributed by atoms with Crippen molar-refractivity contribution in [2.24, 2.45) is 0 Å². The number of halogens is 2. The Morgan fingerprint density at radius 3 is 2.79 bits per heavy atom. The number of nitrogen functional groups attached to an aromatic ring is 1. The smallest absolute Gasteiger partial charge is 0.213 e. The van der Waals surface area contributed by atoms with Crippen LogP contribution in [0.1, 0.15) is 21.6 Å². The van der Waals surface area contributed by atoms with E-state index in [0.717, 1.165) is 0 Å². The van der Waals surface area contributed by atoms with Gasteiger partial charge in [-0.3, -0.25) is 4.79 Å². The summed E-state index contributed by atoms with van der Waals surface area (Å²) in [7, 11) is 0. The number of H-pyrrole nitrogens is 1. The molecule has 0 aliphatic rings. The van der Waals surface area contributed by atoms with Crippen LogP contribution in [0.4, 0.5) is 10.1 Å². The number of aryl methyl sites for hydroxylation is 1. The standard InChI is InChI=1S/C20H14ClFN4O2/c1-10-6-11(28-15-5-3-2-4-14(15)22)7-24-18(10)19(27)12-8-25-20-16(12)17(23)13(21)9-26-20/h2-9H,1H3,(H3,23,25,26). The van der Waals surface area contributed by atoms with Crippen LogP contribution in [-0.2, 0) is 0 Å². The molecule has 8 heteroatoms. The maximum Gasteiger partial charge on any atom is 0.213 e. The Morgan fingerprint density at radius 2 is 2.04 bits per heavy atom. The van der Waals surface area contributed by atoms with E-state index in [9.17, 15) is 9.18 Å². The van der Waals surface area contributed by atoms with Crippen molar-refractivity contribution in [1.82, 2.24) is 15.0 Å². The molecule has 0 fully saturated rings. The van der Waals surface area contributed by atoms with Gasteiger partial charge in [-0.1, -0.05) is 23.7 Å². The van der Waals surface area contributed by atoms with Gasteiger partial charge in [0.1, 0.15) is 17.1 Å². The minimum Gasteiger partial charge on any atom is -0.453 e. The molecule has 0 atom stereocenters. The molecule has 0 radical (unpaired) electrons. The Labute approximate surface area is 164 Å². The number of carbonyl (C=O) groups excluding carboxylic acids is 1. The Morgan fingerprint density at radius 1 is 1.25 bits per heavy atom. The maximum absolute atomic E-state index is 13.8. The number of hydrogen-bond donors (Lipinski definition) is 2. The summed E-state index contributed by atoms with van der Waals surface area (Å²) in [6.45, 7) is 1.72. The topological polar surface area (TPSA) is 93.9 Å². The predicted octanol–water partition coefficient (Wildman–Crippen LogP) is 4.66. The van der Waals surface area contributed by atoms with Gasteiger partial charge in [0.15, 0.2) is 11.6 Å². The van der Waals surface area contributed by atoms with Crippen LogP contribution < -0.4 is 10.5 Å².